The Kier molecular flexibility index (Phi) is 2.58. The van der Waals surface area contributed by atoms with Crippen LogP contribution in [0.1, 0.15) is 5.56 Å². The fourth-order valence-corrected chi connectivity index (χ4v) is 1.36. The van der Waals surface area contributed by atoms with E-state index in [0.29, 0.717) is 5.95 Å². The molecule has 0 N–H and O–H groups in total. The van der Waals surface area contributed by atoms with Gasteiger partial charge in [-0.1, -0.05) is 12.1 Å². The first-order valence-electron chi connectivity index (χ1n) is 4.70. The molecule has 1 aromatic carbocycles. The molecular formula is C11H12N4. The molecule has 0 radical (unpaired) electrons. The van der Waals surface area contributed by atoms with E-state index in [2.05, 4.69) is 34.0 Å². The second kappa shape index (κ2) is 4.04. The smallest absolute Gasteiger partial charge is 0.232 e. The highest BCUT2D eigenvalue weighted by atomic mass is 15.2. The summed E-state index contributed by atoms with van der Waals surface area (Å²) < 4.78 is 0. The predicted molar refractivity (Wildman–Crippen MR) is 59.1 cm³/mol. The van der Waals surface area contributed by atoms with Crippen molar-refractivity contribution in [2.24, 2.45) is 0 Å². The Balaban J connectivity index is 2.32. The van der Waals surface area contributed by atoms with E-state index in [1.807, 2.05) is 24.1 Å². The Labute approximate surface area is 88.6 Å². The molecule has 0 spiro atoms. The highest BCUT2D eigenvalue weighted by Gasteiger charge is 2.05. The molecule has 0 bridgehead atoms. The molecule has 4 heteroatoms. The van der Waals surface area contributed by atoms with Crippen LogP contribution in [0.5, 0.6) is 0 Å². The SMILES string of the molecule is Cc1cccc(N(C)c2ncncn2)c1. The summed E-state index contributed by atoms with van der Waals surface area (Å²) in [5.41, 5.74) is 2.29. The topological polar surface area (TPSA) is 41.9 Å². The number of anilines is 2. The minimum atomic E-state index is 0.649. The van der Waals surface area contributed by atoms with E-state index in [1.165, 1.54) is 18.2 Å². The van der Waals surface area contributed by atoms with Crippen LogP contribution in [-0.2, 0) is 0 Å². The van der Waals surface area contributed by atoms with Gasteiger partial charge in [0.1, 0.15) is 12.7 Å². The highest BCUT2D eigenvalue weighted by molar-refractivity contribution is 5.56. The third kappa shape index (κ3) is 2.10. The lowest BCUT2D eigenvalue weighted by Crippen LogP contribution is -2.12. The highest BCUT2D eigenvalue weighted by Crippen LogP contribution is 2.19. The summed E-state index contributed by atoms with van der Waals surface area (Å²) in [7, 11) is 1.93. The van der Waals surface area contributed by atoms with Gasteiger partial charge >= 0.3 is 0 Å². The van der Waals surface area contributed by atoms with Crippen molar-refractivity contribution in [2.45, 2.75) is 6.92 Å². The number of aryl methyl sites for hydroxylation is 1. The van der Waals surface area contributed by atoms with Gasteiger partial charge in [-0.05, 0) is 24.6 Å². The fraction of sp³-hybridized carbons (Fsp3) is 0.182. The van der Waals surface area contributed by atoms with Gasteiger partial charge in [-0.15, -0.1) is 0 Å². The van der Waals surface area contributed by atoms with Crippen molar-refractivity contribution < 1.29 is 0 Å². The minimum Gasteiger partial charge on any atom is -0.314 e. The van der Waals surface area contributed by atoms with E-state index < -0.39 is 0 Å². The normalized spacial score (nSPS) is 10.0. The first kappa shape index (κ1) is 9.58. The summed E-state index contributed by atoms with van der Waals surface area (Å²) >= 11 is 0. The van der Waals surface area contributed by atoms with E-state index in [-0.39, 0.29) is 0 Å². The van der Waals surface area contributed by atoms with Crippen LogP contribution in [0.4, 0.5) is 11.6 Å². The van der Waals surface area contributed by atoms with Crippen molar-refractivity contribution >= 4 is 11.6 Å². The molecule has 0 atom stereocenters. The molecule has 0 aliphatic rings. The average Bonchev–Trinajstić information content (AvgIpc) is 2.29. The Morgan fingerprint density at radius 2 is 1.87 bits per heavy atom. The lowest BCUT2D eigenvalue weighted by Gasteiger charge is -2.16. The molecule has 0 aliphatic heterocycles. The second-order valence-corrected chi connectivity index (χ2v) is 3.34. The Bertz CT molecular complexity index is 441. The Hall–Kier alpha value is -1.97. The molecule has 2 rings (SSSR count). The summed E-state index contributed by atoms with van der Waals surface area (Å²) in [6, 6.07) is 8.19. The number of aromatic nitrogens is 3. The van der Waals surface area contributed by atoms with Crippen LogP contribution < -0.4 is 4.90 Å². The zero-order chi connectivity index (χ0) is 10.7. The Morgan fingerprint density at radius 3 is 2.53 bits per heavy atom. The van der Waals surface area contributed by atoms with Crippen LogP contribution in [0.3, 0.4) is 0 Å². The third-order valence-electron chi connectivity index (χ3n) is 2.17. The molecule has 0 amide bonds. The quantitative estimate of drug-likeness (QED) is 0.743. The lowest BCUT2D eigenvalue weighted by atomic mass is 10.2. The zero-order valence-corrected chi connectivity index (χ0v) is 8.75. The van der Waals surface area contributed by atoms with Gasteiger partial charge in [0.25, 0.3) is 0 Å². The summed E-state index contributed by atoms with van der Waals surface area (Å²) in [5.74, 6) is 0.649. The first-order valence-corrected chi connectivity index (χ1v) is 4.70. The van der Waals surface area contributed by atoms with Crippen molar-refractivity contribution in [1.82, 2.24) is 15.0 Å². The number of hydrogen-bond acceptors (Lipinski definition) is 4. The number of nitrogens with zero attached hydrogens (tertiary/aromatic N) is 4. The lowest BCUT2D eigenvalue weighted by molar-refractivity contribution is 0.984. The van der Waals surface area contributed by atoms with E-state index in [4.69, 9.17) is 0 Å². The standard InChI is InChI=1S/C11H12N4/c1-9-4-3-5-10(6-9)15(2)11-13-7-12-8-14-11/h3-8H,1-2H3. The molecule has 2 aromatic rings. The summed E-state index contributed by atoms with van der Waals surface area (Å²) in [6.45, 7) is 2.06. The van der Waals surface area contributed by atoms with Crippen molar-refractivity contribution in [3.63, 3.8) is 0 Å². The van der Waals surface area contributed by atoms with Gasteiger partial charge in [0.2, 0.25) is 5.95 Å². The summed E-state index contributed by atoms with van der Waals surface area (Å²) in [6.07, 6.45) is 2.99. The maximum absolute atomic E-state index is 4.09. The van der Waals surface area contributed by atoms with Crippen molar-refractivity contribution in [1.29, 1.82) is 0 Å². The molecule has 1 aromatic heterocycles. The Morgan fingerprint density at radius 1 is 1.13 bits per heavy atom. The van der Waals surface area contributed by atoms with Crippen LogP contribution in [0.15, 0.2) is 36.9 Å². The van der Waals surface area contributed by atoms with Gasteiger partial charge in [-0.25, -0.2) is 15.0 Å². The first-order chi connectivity index (χ1) is 7.27. The summed E-state index contributed by atoms with van der Waals surface area (Å²) in [4.78, 5) is 13.9. The van der Waals surface area contributed by atoms with Crippen molar-refractivity contribution in [2.75, 3.05) is 11.9 Å². The van der Waals surface area contributed by atoms with E-state index in [1.54, 1.807) is 0 Å². The molecule has 4 nitrogen and oxygen atoms in total. The average molecular weight is 200 g/mol. The van der Waals surface area contributed by atoms with Crippen LogP contribution in [0.25, 0.3) is 0 Å². The van der Waals surface area contributed by atoms with Crippen molar-refractivity contribution in [3.05, 3.63) is 42.5 Å². The molecule has 0 fully saturated rings. The predicted octanol–water partition coefficient (Wildman–Crippen LogP) is 1.95. The van der Waals surface area contributed by atoms with Crippen LogP contribution >= 0.6 is 0 Å². The minimum absolute atomic E-state index is 0.649. The maximum atomic E-state index is 4.09. The number of rotatable bonds is 2. The summed E-state index contributed by atoms with van der Waals surface area (Å²) in [5, 5.41) is 0. The molecule has 76 valence electrons. The molecule has 1 heterocycles. The van der Waals surface area contributed by atoms with Gasteiger partial charge in [0.05, 0.1) is 0 Å². The van der Waals surface area contributed by atoms with Gasteiger partial charge in [0, 0.05) is 12.7 Å². The van der Waals surface area contributed by atoms with Gasteiger partial charge < -0.3 is 4.90 Å². The van der Waals surface area contributed by atoms with Gasteiger partial charge in [0.15, 0.2) is 0 Å². The van der Waals surface area contributed by atoms with Gasteiger partial charge in [-0.2, -0.15) is 0 Å². The molecule has 0 aliphatic carbocycles. The number of benzene rings is 1. The molecular weight excluding hydrogens is 188 g/mol. The maximum Gasteiger partial charge on any atom is 0.232 e. The fourth-order valence-electron chi connectivity index (χ4n) is 1.36. The van der Waals surface area contributed by atoms with Crippen LogP contribution in [0.2, 0.25) is 0 Å². The van der Waals surface area contributed by atoms with Gasteiger partial charge in [-0.3, -0.25) is 0 Å². The molecule has 0 saturated carbocycles. The number of hydrogen-bond donors (Lipinski definition) is 0. The van der Waals surface area contributed by atoms with E-state index in [9.17, 15) is 0 Å². The second-order valence-electron chi connectivity index (χ2n) is 3.34. The van der Waals surface area contributed by atoms with Crippen molar-refractivity contribution in [3.8, 4) is 0 Å². The molecule has 0 unspecified atom stereocenters. The monoisotopic (exact) mass is 200 g/mol. The molecule has 15 heavy (non-hydrogen) atoms. The third-order valence-corrected chi connectivity index (χ3v) is 2.17. The van der Waals surface area contributed by atoms with E-state index in [0.717, 1.165) is 5.69 Å². The van der Waals surface area contributed by atoms with E-state index >= 15 is 0 Å². The van der Waals surface area contributed by atoms with Crippen LogP contribution in [0, 0.1) is 6.92 Å². The zero-order valence-electron chi connectivity index (χ0n) is 8.75. The molecule has 0 saturated heterocycles. The largest absolute Gasteiger partial charge is 0.314 e. The van der Waals surface area contributed by atoms with Crippen LogP contribution in [-0.4, -0.2) is 22.0 Å².